The second kappa shape index (κ2) is 9.05. The fourth-order valence-corrected chi connectivity index (χ4v) is 2.08. The molecule has 0 aliphatic rings. The number of ether oxygens (including phenoxy) is 1. The normalized spacial score (nSPS) is 10.3. The van der Waals surface area contributed by atoms with E-state index in [-0.39, 0.29) is 6.03 Å². The van der Waals surface area contributed by atoms with Crippen LogP contribution in [-0.2, 0) is 6.54 Å². The van der Waals surface area contributed by atoms with Crippen LogP contribution < -0.4 is 15.4 Å². The van der Waals surface area contributed by atoms with E-state index in [9.17, 15) is 4.79 Å². The van der Waals surface area contributed by atoms with Gasteiger partial charge in [-0.15, -0.1) is 0 Å². The van der Waals surface area contributed by atoms with Gasteiger partial charge in [0.25, 0.3) is 0 Å². The largest absolute Gasteiger partial charge is 0.492 e. The second-order valence-corrected chi connectivity index (χ2v) is 5.56. The van der Waals surface area contributed by atoms with Gasteiger partial charge in [-0.25, -0.2) is 4.79 Å². The molecule has 2 N–H and O–H groups in total. The van der Waals surface area contributed by atoms with Gasteiger partial charge in [0.1, 0.15) is 12.4 Å². The number of benzene rings is 1. The molecule has 0 spiro atoms. The fourth-order valence-electron chi connectivity index (χ4n) is 1.96. The van der Waals surface area contributed by atoms with E-state index in [0.717, 1.165) is 24.3 Å². The molecule has 0 saturated carbocycles. The summed E-state index contributed by atoms with van der Waals surface area (Å²) in [6.45, 7) is 4.23. The molecule has 7 heteroatoms. The van der Waals surface area contributed by atoms with Crippen LogP contribution in [0.3, 0.4) is 0 Å². The molecule has 0 atom stereocenters. The van der Waals surface area contributed by atoms with Crippen LogP contribution in [0.4, 0.5) is 4.79 Å². The van der Waals surface area contributed by atoms with Gasteiger partial charge in [-0.2, -0.15) is 5.10 Å². The van der Waals surface area contributed by atoms with Crippen LogP contribution in [-0.4, -0.2) is 35.5 Å². The molecule has 1 heterocycles. The Morgan fingerprint density at radius 2 is 2.00 bits per heavy atom. The molecule has 0 fully saturated rings. The lowest BCUT2D eigenvalue weighted by Gasteiger charge is -2.09. The van der Waals surface area contributed by atoms with Crippen LogP contribution in [0.1, 0.15) is 12.0 Å². The highest BCUT2D eigenvalue weighted by Crippen LogP contribution is 2.14. The van der Waals surface area contributed by atoms with Crippen LogP contribution >= 0.6 is 11.6 Å². The fraction of sp³-hybridized carbons (Fsp3) is 0.375. The predicted molar refractivity (Wildman–Crippen MR) is 89.9 cm³/mol. The van der Waals surface area contributed by atoms with E-state index in [1.54, 1.807) is 24.3 Å². The molecule has 23 heavy (non-hydrogen) atoms. The van der Waals surface area contributed by atoms with Crippen LogP contribution in [0.15, 0.2) is 36.7 Å². The molecule has 0 unspecified atom stereocenters. The smallest absolute Gasteiger partial charge is 0.314 e. The summed E-state index contributed by atoms with van der Waals surface area (Å²) in [5, 5.41) is 10.4. The number of hydrogen-bond donors (Lipinski definition) is 2. The zero-order chi connectivity index (χ0) is 16.5. The van der Waals surface area contributed by atoms with Crippen LogP contribution in [0.5, 0.6) is 5.75 Å². The number of carbonyl (C=O) groups excluding carboxylic acids is 1. The van der Waals surface area contributed by atoms with Gasteiger partial charge in [0.05, 0.1) is 12.7 Å². The number of nitrogens with zero attached hydrogens (tertiary/aromatic N) is 2. The van der Waals surface area contributed by atoms with E-state index in [4.69, 9.17) is 16.3 Å². The van der Waals surface area contributed by atoms with E-state index in [1.807, 2.05) is 24.0 Å². The van der Waals surface area contributed by atoms with E-state index in [2.05, 4.69) is 15.7 Å². The Labute approximate surface area is 140 Å². The van der Waals surface area contributed by atoms with Crippen molar-refractivity contribution >= 4 is 17.6 Å². The monoisotopic (exact) mass is 336 g/mol. The van der Waals surface area contributed by atoms with Gasteiger partial charge in [-0.3, -0.25) is 4.68 Å². The summed E-state index contributed by atoms with van der Waals surface area (Å²) in [5.74, 6) is 0.728. The number of urea groups is 1. The Hall–Kier alpha value is -2.21. The van der Waals surface area contributed by atoms with Gasteiger partial charge in [0.15, 0.2) is 0 Å². The number of carbonyl (C=O) groups is 1. The topological polar surface area (TPSA) is 68.2 Å². The number of aromatic nitrogens is 2. The van der Waals surface area contributed by atoms with Crippen molar-refractivity contribution in [3.63, 3.8) is 0 Å². The molecule has 0 aliphatic carbocycles. The number of nitrogens with one attached hydrogen (secondary N) is 2. The van der Waals surface area contributed by atoms with Crippen molar-refractivity contribution in [2.45, 2.75) is 19.9 Å². The SMILES string of the molecule is Cc1cnn(CCCNC(=O)NCCOc2ccc(Cl)cc2)c1. The maximum Gasteiger partial charge on any atom is 0.314 e. The van der Waals surface area contributed by atoms with Gasteiger partial charge in [-0.05, 0) is 43.2 Å². The Morgan fingerprint density at radius 1 is 1.26 bits per heavy atom. The molecule has 124 valence electrons. The van der Waals surface area contributed by atoms with Crippen molar-refractivity contribution in [2.75, 3.05) is 19.7 Å². The van der Waals surface area contributed by atoms with Crippen molar-refractivity contribution in [1.82, 2.24) is 20.4 Å². The summed E-state index contributed by atoms with van der Waals surface area (Å²) in [6.07, 6.45) is 4.63. The van der Waals surface area contributed by atoms with Gasteiger partial charge in [0.2, 0.25) is 0 Å². The predicted octanol–water partition coefficient (Wildman–Crippen LogP) is 2.61. The molecule has 2 rings (SSSR count). The minimum Gasteiger partial charge on any atom is -0.492 e. The molecular weight excluding hydrogens is 316 g/mol. The quantitative estimate of drug-likeness (QED) is 0.728. The number of halogens is 1. The first kappa shape index (κ1) is 17.1. The van der Waals surface area contributed by atoms with Gasteiger partial charge >= 0.3 is 6.03 Å². The summed E-state index contributed by atoms with van der Waals surface area (Å²) < 4.78 is 7.35. The molecule has 6 nitrogen and oxygen atoms in total. The first-order valence-corrected chi connectivity index (χ1v) is 7.90. The average molecular weight is 337 g/mol. The molecular formula is C16H21ClN4O2. The number of hydrogen-bond acceptors (Lipinski definition) is 3. The molecule has 0 saturated heterocycles. The minimum atomic E-state index is -0.193. The number of amides is 2. The average Bonchev–Trinajstić information content (AvgIpc) is 2.95. The first-order valence-electron chi connectivity index (χ1n) is 7.52. The Morgan fingerprint density at radius 3 is 2.70 bits per heavy atom. The van der Waals surface area contributed by atoms with Gasteiger partial charge in [0, 0.05) is 24.3 Å². The molecule has 1 aromatic carbocycles. The van der Waals surface area contributed by atoms with Crippen molar-refractivity contribution in [3.05, 3.63) is 47.2 Å². The van der Waals surface area contributed by atoms with Crippen LogP contribution in [0, 0.1) is 6.92 Å². The lowest BCUT2D eigenvalue weighted by molar-refractivity contribution is 0.236. The molecule has 2 aromatic rings. The third-order valence-electron chi connectivity index (χ3n) is 3.08. The van der Waals surface area contributed by atoms with E-state index >= 15 is 0 Å². The first-order chi connectivity index (χ1) is 11.1. The highest BCUT2D eigenvalue weighted by Gasteiger charge is 2.00. The highest BCUT2D eigenvalue weighted by atomic mass is 35.5. The van der Waals surface area contributed by atoms with Crippen molar-refractivity contribution in [3.8, 4) is 5.75 Å². The molecule has 2 amide bonds. The van der Waals surface area contributed by atoms with Crippen molar-refractivity contribution < 1.29 is 9.53 Å². The van der Waals surface area contributed by atoms with E-state index in [1.165, 1.54) is 0 Å². The minimum absolute atomic E-state index is 0.193. The summed E-state index contributed by atoms with van der Waals surface area (Å²) in [4.78, 5) is 11.6. The molecule has 1 aromatic heterocycles. The molecule has 0 aliphatic heterocycles. The zero-order valence-electron chi connectivity index (χ0n) is 13.1. The highest BCUT2D eigenvalue weighted by molar-refractivity contribution is 6.30. The number of rotatable bonds is 8. The summed E-state index contributed by atoms with van der Waals surface area (Å²) in [6, 6.07) is 6.91. The third-order valence-corrected chi connectivity index (χ3v) is 3.33. The molecule has 0 bridgehead atoms. The Balaban J connectivity index is 1.50. The van der Waals surface area contributed by atoms with Crippen LogP contribution in [0.2, 0.25) is 5.02 Å². The lowest BCUT2D eigenvalue weighted by Crippen LogP contribution is -2.38. The standard InChI is InChI=1S/C16H21ClN4O2/c1-13-11-20-21(12-13)9-2-7-18-16(22)19-8-10-23-15-5-3-14(17)4-6-15/h3-6,11-12H,2,7-10H2,1H3,(H2,18,19,22). The maximum absolute atomic E-state index is 11.6. The van der Waals surface area contributed by atoms with E-state index < -0.39 is 0 Å². The number of aryl methyl sites for hydroxylation is 2. The van der Waals surface area contributed by atoms with Crippen molar-refractivity contribution in [1.29, 1.82) is 0 Å². The second-order valence-electron chi connectivity index (χ2n) is 5.12. The lowest BCUT2D eigenvalue weighted by atomic mass is 10.3. The summed E-state index contributed by atoms with van der Waals surface area (Å²) >= 11 is 5.79. The van der Waals surface area contributed by atoms with Crippen LogP contribution in [0.25, 0.3) is 0 Å². The summed E-state index contributed by atoms with van der Waals surface area (Å²) in [7, 11) is 0. The van der Waals surface area contributed by atoms with Gasteiger partial charge in [-0.1, -0.05) is 11.6 Å². The zero-order valence-corrected chi connectivity index (χ0v) is 13.8. The maximum atomic E-state index is 11.6. The van der Waals surface area contributed by atoms with Crippen molar-refractivity contribution in [2.24, 2.45) is 0 Å². The van der Waals surface area contributed by atoms with Gasteiger partial charge < -0.3 is 15.4 Å². The third kappa shape index (κ3) is 6.61. The summed E-state index contributed by atoms with van der Waals surface area (Å²) in [5.41, 5.74) is 1.14. The molecule has 0 radical (unpaired) electrons. The Kier molecular flexibility index (Phi) is 6.75. The van der Waals surface area contributed by atoms with E-state index in [0.29, 0.717) is 24.7 Å². The Bertz CT molecular complexity index is 613.